The van der Waals surface area contributed by atoms with Gasteiger partial charge in [0.15, 0.2) is 0 Å². The highest BCUT2D eigenvalue weighted by Gasteiger charge is 2.32. The summed E-state index contributed by atoms with van der Waals surface area (Å²) >= 11 is 5.32. The number of hydrazine groups is 1. The van der Waals surface area contributed by atoms with Gasteiger partial charge in [0.25, 0.3) is 0 Å². The molecule has 0 bridgehead atoms. The van der Waals surface area contributed by atoms with E-state index in [0.29, 0.717) is 12.0 Å². The van der Waals surface area contributed by atoms with Crippen molar-refractivity contribution >= 4 is 27.3 Å². The first-order valence-electron chi connectivity index (χ1n) is 5.41. The van der Waals surface area contributed by atoms with Crippen LogP contribution in [0.2, 0.25) is 0 Å². The Labute approximate surface area is 103 Å². The number of rotatable bonds is 3. The largest absolute Gasteiger partial charge is 0.271 e. The molecule has 1 saturated carbocycles. The maximum Gasteiger partial charge on any atom is 0.0510 e. The van der Waals surface area contributed by atoms with Crippen LogP contribution in [0.1, 0.15) is 37.8 Å². The molecule has 0 aliphatic heterocycles. The van der Waals surface area contributed by atoms with E-state index < -0.39 is 0 Å². The highest BCUT2D eigenvalue weighted by molar-refractivity contribution is 9.10. The van der Waals surface area contributed by atoms with Crippen LogP contribution >= 0.6 is 27.3 Å². The van der Waals surface area contributed by atoms with Gasteiger partial charge < -0.3 is 0 Å². The van der Waals surface area contributed by atoms with Crippen LogP contribution in [0.4, 0.5) is 0 Å². The number of hydrogen-bond donors (Lipinski definition) is 2. The third kappa shape index (κ3) is 2.28. The van der Waals surface area contributed by atoms with Crippen molar-refractivity contribution in [2.45, 2.75) is 32.2 Å². The summed E-state index contributed by atoms with van der Waals surface area (Å²) in [7, 11) is 0. The maximum atomic E-state index is 5.71. The summed E-state index contributed by atoms with van der Waals surface area (Å²) in [6, 6.07) is 0.308. The van der Waals surface area contributed by atoms with E-state index in [1.165, 1.54) is 29.3 Å². The van der Waals surface area contributed by atoms with Crippen LogP contribution in [-0.2, 0) is 0 Å². The molecule has 1 aromatic rings. The first-order chi connectivity index (χ1) is 7.24. The Balaban J connectivity index is 2.20. The SMILES string of the molecule is CC1CCCC1C(NN)c1cscc1Br. The fraction of sp³-hybridized carbons (Fsp3) is 0.636. The lowest BCUT2D eigenvalue weighted by Gasteiger charge is -2.26. The lowest BCUT2D eigenvalue weighted by atomic mass is 9.87. The molecule has 1 fully saturated rings. The van der Waals surface area contributed by atoms with Crippen LogP contribution in [0.3, 0.4) is 0 Å². The lowest BCUT2D eigenvalue weighted by molar-refractivity contribution is 0.304. The number of thiophene rings is 1. The highest BCUT2D eigenvalue weighted by Crippen LogP contribution is 2.42. The summed E-state index contributed by atoms with van der Waals surface area (Å²) in [5.74, 6) is 7.17. The third-order valence-corrected chi connectivity index (χ3v) is 5.26. The zero-order chi connectivity index (χ0) is 10.8. The Kier molecular flexibility index (Phi) is 3.83. The van der Waals surface area contributed by atoms with Crippen molar-refractivity contribution in [3.63, 3.8) is 0 Å². The van der Waals surface area contributed by atoms with Crippen LogP contribution < -0.4 is 11.3 Å². The van der Waals surface area contributed by atoms with Crippen LogP contribution in [0, 0.1) is 11.8 Å². The average Bonchev–Trinajstić information content (AvgIpc) is 2.80. The van der Waals surface area contributed by atoms with Gasteiger partial charge in [0.2, 0.25) is 0 Å². The molecule has 2 rings (SSSR count). The molecule has 15 heavy (non-hydrogen) atoms. The summed E-state index contributed by atoms with van der Waals surface area (Å²) in [6.45, 7) is 2.34. The lowest BCUT2D eigenvalue weighted by Crippen LogP contribution is -2.34. The Hall–Kier alpha value is 0.100. The first-order valence-corrected chi connectivity index (χ1v) is 7.15. The Morgan fingerprint density at radius 1 is 1.53 bits per heavy atom. The van der Waals surface area contributed by atoms with E-state index in [4.69, 9.17) is 5.84 Å². The number of hydrogen-bond acceptors (Lipinski definition) is 3. The Morgan fingerprint density at radius 3 is 2.80 bits per heavy atom. The van der Waals surface area contributed by atoms with Crippen molar-refractivity contribution in [3.8, 4) is 0 Å². The molecular formula is C11H17BrN2S. The quantitative estimate of drug-likeness (QED) is 0.660. The van der Waals surface area contributed by atoms with Gasteiger partial charge in [-0.05, 0) is 45.1 Å². The topological polar surface area (TPSA) is 38.0 Å². The van der Waals surface area contributed by atoms with Crippen LogP contribution in [0.25, 0.3) is 0 Å². The molecule has 3 unspecified atom stereocenters. The molecule has 1 aliphatic carbocycles. The van der Waals surface area contributed by atoms with Crippen molar-refractivity contribution in [1.82, 2.24) is 5.43 Å². The molecule has 1 heterocycles. The predicted octanol–water partition coefficient (Wildman–Crippen LogP) is 3.45. The molecule has 1 aliphatic rings. The molecule has 0 aromatic carbocycles. The second kappa shape index (κ2) is 4.95. The fourth-order valence-electron chi connectivity index (χ4n) is 2.63. The normalized spacial score (nSPS) is 28.2. The molecule has 2 nitrogen and oxygen atoms in total. The van der Waals surface area contributed by atoms with E-state index in [0.717, 1.165) is 5.92 Å². The Morgan fingerprint density at radius 2 is 2.33 bits per heavy atom. The van der Waals surface area contributed by atoms with Gasteiger partial charge in [0.05, 0.1) is 6.04 Å². The summed E-state index contributed by atoms with van der Waals surface area (Å²) < 4.78 is 1.19. The fourth-order valence-corrected chi connectivity index (χ4v) is 4.21. The molecule has 3 atom stereocenters. The molecule has 0 saturated heterocycles. The van der Waals surface area contributed by atoms with Crippen molar-refractivity contribution in [3.05, 3.63) is 20.8 Å². The van der Waals surface area contributed by atoms with Gasteiger partial charge in [-0.1, -0.05) is 19.8 Å². The van der Waals surface area contributed by atoms with Crippen molar-refractivity contribution in [2.75, 3.05) is 0 Å². The van der Waals surface area contributed by atoms with Gasteiger partial charge in [0, 0.05) is 9.85 Å². The average molecular weight is 289 g/mol. The van der Waals surface area contributed by atoms with E-state index in [9.17, 15) is 0 Å². The minimum atomic E-state index is 0.308. The number of halogens is 1. The zero-order valence-electron chi connectivity index (χ0n) is 8.87. The van der Waals surface area contributed by atoms with Crippen LogP contribution in [0.15, 0.2) is 15.2 Å². The number of nitrogens with two attached hydrogens (primary N) is 1. The smallest absolute Gasteiger partial charge is 0.0510 e. The molecule has 0 spiro atoms. The predicted molar refractivity (Wildman–Crippen MR) is 68.6 cm³/mol. The summed E-state index contributed by atoms with van der Waals surface area (Å²) in [4.78, 5) is 0. The van der Waals surface area contributed by atoms with Gasteiger partial charge in [-0.3, -0.25) is 11.3 Å². The minimum absolute atomic E-state index is 0.308. The molecular weight excluding hydrogens is 272 g/mol. The summed E-state index contributed by atoms with van der Waals surface area (Å²) in [5.41, 5.74) is 4.31. The molecule has 84 valence electrons. The van der Waals surface area contributed by atoms with E-state index in [1.54, 1.807) is 11.3 Å². The number of nitrogens with one attached hydrogen (secondary N) is 1. The van der Waals surface area contributed by atoms with Crippen LogP contribution in [-0.4, -0.2) is 0 Å². The van der Waals surface area contributed by atoms with Crippen molar-refractivity contribution < 1.29 is 0 Å². The Bertz CT molecular complexity index is 326. The van der Waals surface area contributed by atoms with E-state index in [2.05, 4.69) is 39.0 Å². The van der Waals surface area contributed by atoms with Gasteiger partial charge in [-0.25, -0.2) is 0 Å². The zero-order valence-corrected chi connectivity index (χ0v) is 11.3. The summed E-state index contributed by atoms with van der Waals surface area (Å²) in [5, 5.41) is 4.32. The van der Waals surface area contributed by atoms with Gasteiger partial charge >= 0.3 is 0 Å². The van der Waals surface area contributed by atoms with E-state index in [-0.39, 0.29) is 0 Å². The second-order valence-electron chi connectivity index (χ2n) is 4.39. The second-order valence-corrected chi connectivity index (χ2v) is 5.99. The minimum Gasteiger partial charge on any atom is -0.271 e. The monoisotopic (exact) mass is 288 g/mol. The maximum absolute atomic E-state index is 5.71. The highest BCUT2D eigenvalue weighted by atomic mass is 79.9. The molecule has 1 aromatic heterocycles. The third-order valence-electron chi connectivity index (χ3n) is 3.51. The molecule has 0 radical (unpaired) electrons. The van der Waals surface area contributed by atoms with Gasteiger partial charge in [-0.2, -0.15) is 11.3 Å². The van der Waals surface area contributed by atoms with E-state index >= 15 is 0 Å². The molecule has 4 heteroatoms. The summed E-state index contributed by atoms with van der Waals surface area (Å²) in [6.07, 6.45) is 3.97. The molecule has 0 amide bonds. The van der Waals surface area contributed by atoms with Gasteiger partial charge in [0.1, 0.15) is 0 Å². The standard InChI is InChI=1S/C11H17BrN2S/c1-7-3-2-4-8(7)11(14-13)9-5-15-6-10(9)12/h5-8,11,14H,2-4,13H2,1H3. The van der Waals surface area contributed by atoms with Crippen molar-refractivity contribution in [1.29, 1.82) is 0 Å². The first kappa shape index (κ1) is 11.6. The molecule has 3 N–H and O–H groups in total. The van der Waals surface area contributed by atoms with Gasteiger partial charge in [-0.15, -0.1) is 0 Å². The van der Waals surface area contributed by atoms with Crippen LogP contribution in [0.5, 0.6) is 0 Å². The van der Waals surface area contributed by atoms with Crippen molar-refractivity contribution in [2.24, 2.45) is 17.7 Å². The van der Waals surface area contributed by atoms with E-state index in [1.807, 2.05) is 0 Å².